The summed E-state index contributed by atoms with van der Waals surface area (Å²) in [7, 11) is 0. The molecule has 1 amide bonds. The zero-order valence-electron chi connectivity index (χ0n) is 13.7. The molecular formula is C19H15FN2O3S. The number of nitrogens with zero attached hydrogens (tertiary/aromatic N) is 1. The summed E-state index contributed by atoms with van der Waals surface area (Å²) in [4.78, 5) is 16.4. The Morgan fingerprint density at radius 3 is 3.12 bits per heavy atom. The van der Waals surface area contributed by atoms with Crippen molar-refractivity contribution >= 4 is 22.4 Å². The third-order valence-corrected chi connectivity index (χ3v) is 4.66. The van der Waals surface area contributed by atoms with E-state index in [9.17, 15) is 9.18 Å². The molecule has 0 fully saturated rings. The molecule has 1 N–H and O–H groups in total. The molecular weight excluding hydrogens is 355 g/mol. The zero-order chi connectivity index (χ0) is 17.9. The number of amides is 1. The highest BCUT2D eigenvalue weighted by atomic mass is 32.1. The zero-order valence-corrected chi connectivity index (χ0v) is 14.5. The first kappa shape index (κ1) is 16.5. The van der Waals surface area contributed by atoms with Gasteiger partial charge in [-0.25, -0.2) is 9.37 Å². The van der Waals surface area contributed by atoms with Gasteiger partial charge in [0.05, 0.1) is 12.3 Å². The van der Waals surface area contributed by atoms with Crippen LogP contribution >= 0.6 is 11.3 Å². The summed E-state index contributed by atoms with van der Waals surface area (Å²) < 4.78 is 23.9. The Morgan fingerprint density at radius 2 is 2.23 bits per heavy atom. The highest BCUT2D eigenvalue weighted by Crippen LogP contribution is 2.31. The average molecular weight is 370 g/mol. The number of carbonyl (C=O) groups is 1. The minimum Gasteiger partial charge on any atom is -0.493 e. The topological polar surface area (TPSA) is 60.5 Å². The summed E-state index contributed by atoms with van der Waals surface area (Å²) in [6.07, 6.45) is 0.897. The van der Waals surface area contributed by atoms with Gasteiger partial charge in [-0.2, -0.15) is 0 Å². The molecule has 0 spiro atoms. The fourth-order valence-corrected chi connectivity index (χ4v) is 3.41. The summed E-state index contributed by atoms with van der Waals surface area (Å²) in [6.45, 7) is 0.497. The largest absolute Gasteiger partial charge is 0.493 e. The lowest BCUT2D eigenvalue weighted by atomic mass is 10.1. The van der Waals surface area contributed by atoms with Gasteiger partial charge in [0.2, 0.25) is 0 Å². The van der Waals surface area contributed by atoms with Crippen LogP contribution in [0.5, 0.6) is 11.5 Å². The molecule has 1 aliphatic heterocycles. The first-order valence-electron chi connectivity index (χ1n) is 8.07. The van der Waals surface area contributed by atoms with Crippen LogP contribution in [0, 0.1) is 5.82 Å². The summed E-state index contributed by atoms with van der Waals surface area (Å²) in [5, 5.41) is 5.07. The number of fused-ring (bicyclic) bond motifs is 1. The van der Waals surface area contributed by atoms with Crippen molar-refractivity contribution in [3.8, 4) is 22.8 Å². The maximum Gasteiger partial charge on any atom is 0.264 e. The molecule has 0 aliphatic carbocycles. The fraction of sp³-hybridized carbons (Fsp3) is 0.158. The second-order valence-corrected chi connectivity index (χ2v) is 6.61. The van der Waals surface area contributed by atoms with Gasteiger partial charge in [0, 0.05) is 23.4 Å². The lowest BCUT2D eigenvalue weighted by molar-refractivity contribution is -0.118. The van der Waals surface area contributed by atoms with E-state index < -0.39 is 5.82 Å². The number of nitrogens with one attached hydrogen (secondary N) is 1. The van der Waals surface area contributed by atoms with Gasteiger partial charge in [-0.1, -0.05) is 6.07 Å². The molecule has 7 heteroatoms. The van der Waals surface area contributed by atoms with Gasteiger partial charge < -0.3 is 9.47 Å². The molecule has 0 saturated heterocycles. The van der Waals surface area contributed by atoms with Gasteiger partial charge in [0.15, 0.2) is 11.7 Å². The molecule has 26 heavy (non-hydrogen) atoms. The van der Waals surface area contributed by atoms with Crippen LogP contribution in [-0.4, -0.2) is 24.1 Å². The van der Waals surface area contributed by atoms with Crippen LogP contribution in [0.4, 0.5) is 9.52 Å². The molecule has 0 unspecified atom stereocenters. The molecule has 132 valence electrons. The highest BCUT2D eigenvalue weighted by Gasteiger charge is 2.14. The molecule has 2 heterocycles. The highest BCUT2D eigenvalue weighted by molar-refractivity contribution is 7.14. The summed E-state index contributed by atoms with van der Waals surface area (Å²) in [6, 6.07) is 11.6. The van der Waals surface area contributed by atoms with Crippen molar-refractivity contribution in [2.24, 2.45) is 0 Å². The van der Waals surface area contributed by atoms with Crippen LogP contribution < -0.4 is 14.8 Å². The van der Waals surface area contributed by atoms with Crippen molar-refractivity contribution in [2.45, 2.75) is 6.42 Å². The molecule has 0 atom stereocenters. The van der Waals surface area contributed by atoms with Crippen LogP contribution in [0.15, 0.2) is 47.8 Å². The number of halogens is 1. The van der Waals surface area contributed by atoms with E-state index in [1.54, 1.807) is 6.07 Å². The van der Waals surface area contributed by atoms with Crippen LogP contribution in [0.1, 0.15) is 5.56 Å². The van der Waals surface area contributed by atoms with Gasteiger partial charge in [0.1, 0.15) is 17.3 Å². The Morgan fingerprint density at radius 1 is 1.31 bits per heavy atom. The number of hydrogen-bond donors (Lipinski definition) is 1. The standard InChI is InChI=1S/C19H15FN2O3S/c20-14-2-1-3-15(9-14)25-10-18(23)22-19-21-16(11-26-19)12-4-5-17-13(8-12)6-7-24-17/h1-5,8-9,11H,6-7,10H2,(H,21,22,23). The van der Waals surface area contributed by atoms with Crippen LogP contribution in [0.2, 0.25) is 0 Å². The van der Waals surface area contributed by atoms with E-state index in [-0.39, 0.29) is 12.5 Å². The minimum absolute atomic E-state index is 0.214. The Balaban J connectivity index is 1.38. The van der Waals surface area contributed by atoms with E-state index in [0.29, 0.717) is 17.5 Å². The summed E-state index contributed by atoms with van der Waals surface area (Å²) in [5.74, 6) is 0.470. The smallest absolute Gasteiger partial charge is 0.264 e. The van der Waals surface area contributed by atoms with Gasteiger partial charge in [0.25, 0.3) is 5.91 Å². The van der Waals surface area contributed by atoms with Gasteiger partial charge in [-0.05, 0) is 35.9 Å². The van der Waals surface area contributed by atoms with E-state index in [4.69, 9.17) is 9.47 Å². The molecule has 1 aromatic heterocycles. The molecule has 4 rings (SSSR count). The summed E-state index contributed by atoms with van der Waals surface area (Å²) in [5.41, 5.74) is 2.96. The van der Waals surface area contributed by atoms with Gasteiger partial charge in [-0.3, -0.25) is 10.1 Å². The first-order chi connectivity index (χ1) is 12.7. The number of anilines is 1. The molecule has 0 radical (unpaired) electrons. The Hall–Kier alpha value is -2.93. The molecule has 2 aromatic carbocycles. The summed E-state index contributed by atoms with van der Waals surface area (Å²) >= 11 is 1.34. The number of rotatable bonds is 5. The van der Waals surface area contributed by atoms with Crippen molar-refractivity contribution in [3.05, 3.63) is 59.2 Å². The van der Waals surface area contributed by atoms with Crippen LogP contribution in [0.3, 0.4) is 0 Å². The lowest BCUT2D eigenvalue weighted by Gasteiger charge is -2.05. The molecule has 5 nitrogen and oxygen atoms in total. The van der Waals surface area contributed by atoms with Crippen LogP contribution in [-0.2, 0) is 11.2 Å². The second kappa shape index (κ2) is 7.13. The third kappa shape index (κ3) is 3.67. The number of carbonyl (C=O) groups excluding carboxylic acids is 1. The van der Waals surface area contributed by atoms with E-state index in [1.807, 2.05) is 17.5 Å². The van der Waals surface area contributed by atoms with Crippen molar-refractivity contribution in [2.75, 3.05) is 18.5 Å². The monoisotopic (exact) mass is 370 g/mol. The number of aromatic nitrogens is 1. The van der Waals surface area contributed by atoms with Gasteiger partial charge in [-0.15, -0.1) is 11.3 Å². The van der Waals surface area contributed by atoms with E-state index in [0.717, 1.165) is 23.4 Å². The third-order valence-electron chi connectivity index (χ3n) is 3.90. The number of benzene rings is 2. The quantitative estimate of drug-likeness (QED) is 0.740. The lowest BCUT2D eigenvalue weighted by Crippen LogP contribution is -2.20. The van der Waals surface area contributed by atoms with E-state index in [1.165, 1.54) is 35.1 Å². The fourth-order valence-electron chi connectivity index (χ4n) is 2.67. The predicted molar refractivity (Wildman–Crippen MR) is 97.3 cm³/mol. The molecule has 0 saturated carbocycles. The van der Waals surface area contributed by atoms with Crippen molar-refractivity contribution < 1.29 is 18.7 Å². The predicted octanol–water partition coefficient (Wildman–Crippen LogP) is 3.90. The normalized spacial score (nSPS) is 12.3. The molecule has 0 bridgehead atoms. The SMILES string of the molecule is O=C(COc1cccc(F)c1)Nc1nc(-c2ccc3c(c2)CCO3)cs1. The second-order valence-electron chi connectivity index (χ2n) is 5.75. The van der Waals surface area contributed by atoms with Gasteiger partial charge >= 0.3 is 0 Å². The number of ether oxygens (including phenoxy) is 2. The maximum absolute atomic E-state index is 13.1. The van der Waals surface area contributed by atoms with Crippen molar-refractivity contribution in [1.29, 1.82) is 0 Å². The average Bonchev–Trinajstić information content (AvgIpc) is 3.28. The van der Waals surface area contributed by atoms with Crippen molar-refractivity contribution in [1.82, 2.24) is 4.98 Å². The molecule has 3 aromatic rings. The maximum atomic E-state index is 13.1. The van der Waals surface area contributed by atoms with E-state index >= 15 is 0 Å². The van der Waals surface area contributed by atoms with Crippen molar-refractivity contribution in [3.63, 3.8) is 0 Å². The number of thiazole rings is 1. The molecule has 1 aliphatic rings. The Bertz CT molecular complexity index is 957. The Labute approximate surface area is 153 Å². The minimum atomic E-state index is -0.410. The Kier molecular flexibility index (Phi) is 4.53. The number of hydrogen-bond acceptors (Lipinski definition) is 5. The van der Waals surface area contributed by atoms with E-state index in [2.05, 4.69) is 16.4 Å². The first-order valence-corrected chi connectivity index (χ1v) is 8.95. The van der Waals surface area contributed by atoms with Crippen LogP contribution in [0.25, 0.3) is 11.3 Å².